The third kappa shape index (κ3) is 2.82. The van der Waals surface area contributed by atoms with Crippen LogP contribution in [0.15, 0.2) is 0 Å². The fourth-order valence-electron chi connectivity index (χ4n) is 2.09. The second-order valence-corrected chi connectivity index (χ2v) is 6.41. The van der Waals surface area contributed by atoms with E-state index in [2.05, 4.69) is 13.8 Å². The summed E-state index contributed by atoms with van der Waals surface area (Å²) in [5.74, 6) is 0. The quantitative estimate of drug-likeness (QED) is 0.684. The van der Waals surface area contributed by atoms with Crippen LogP contribution in [0.1, 0.15) is 33.1 Å². The van der Waals surface area contributed by atoms with Gasteiger partial charge in [0.25, 0.3) is 0 Å². The molecule has 0 saturated carbocycles. The molecule has 0 aliphatic carbocycles. The van der Waals surface area contributed by atoms with Crippen LogP contribution < -0.4 is 0 Å². The number of rotatable bonds is 5. The van der Waals surface area contributed by atoms with Crippen LogP contribution in [0.2, 0.25) is 0 Å². The number of hydrogen-bond donors (Lipinski definition) is 0. The Bertz CT molecular complexity index is 213. The number of nitrogens with zero attached hydrogens (tertiary/aromatic N) is 2. The van der Waals surface area contributed by atoms with Gasteiger partial charge in [0.2, 0.25) is 0 Å². The molecule has 5 heteroatoms. The molecular formula is C10H23N2O2P. The lowest BCUT2D eigenvalue weighted by atomic mass is 10.3. The predicted molar refractivity (Wildman–Crippen MR) is 63.0 cm³/mol. The molecule has 0 aromatic carbocycles. The summed E-state index contributed by atoms with van der Waals surface area (Å²) in [5.41, 5.74) is 0. The third-order valence-corrected chi connectivity index (χ3v) is 5.45. The summed E-state index contributed by atoms with van der Waals surface area (Å²) in [7, 11) is -1.11. The van der Waals surface area contributed by atoms with E-state index in [4.69, 9.17) is 4.52 Å². The zero-order valence-electron chi connectivity index (χ0n) is 10.1. The van der Waals surface area contributed by atoms with Crippen molar-refractivity contribution in [2.75, 3.05) is 33.3 Å². The summed E-state index contributed by atoms with van der Waals surface area (Å²) in [6, 6.07) is 0. The molecule has 0 amide bonds. The molecule has 1 saturated heterocycles. The molecule has 1 heterocycles. The molecular weight excluding hydrogens is 211 g/mol. The lowest BCUT2D eigenvalue weighted by Crippen LogP contribution is -2.40. The van der Waals surface area contributed by atoms with Gasteiger partial charge in [-0.25, -0.2) is 9.34 Å². The molecule has 0 spiro atoms. The topological polar surface area (TPSA) is 32.8 Å². The van der Waals surface area contributed by atoms with Gasteiger partial charge in [-0.2, -0.15) is 0 Å². The zero-order valence-corrected chi connectivity index (χ0v) is 11.0. The Morgan fingerprint density at radius 2 is 1.60 bits per heavy atom. The van der Waals surface area contributed by atoms with Crippen molar-refractivity contribution >= 4 is 7.67 Å². The first-order chi connectivity index (χ1) is 7.19. The highest BCUT2D eigenvalue weighted by Gasteiger charge is 2.39. The lowest BCUT2D eigenvalue weighted by Gasteiger charge is -2.41. The minimum atomic E-state index is -2.68. The molecule has 90 valence electrons. The van der Waals surface area contributed by atoms with E-state index in [0.29, 0.717) is 0 Å². The van der Waals surface area contributed by atoms with Crippen molar-refractivity contribution in [3.63, 3.8) is 0 Å². The normalized spacial score (nSPS) is 23.1. The highest BCUT2D eigenvalue weighted by atomic mass is 31.2. The van der Waals surface area contributed by atoms with Gasteiger partial charge in [-0.1, -0.05) is 13.8 Å². The van der Waals surface area contributed by atoms with Crippen LogP contribution in [-0.2, 0) is 9.09 Å². The average molecular weight is 234 g/mol. The van der Waals surface area contributed by atoms with Gasteiger partial charge in [-0.05, 0) is 19.3 Å². The van der Waals surface area contributed by atoms with Gasteiger partial charge in [-0.15, -0.1) is 0 Å². The van der Waals surface area contributed by atoms with Crippen molar-refractivity contribution in [1.82, 2.24) is 9.34 Å². The molecule has 4 nitrogen and oxygen atoms in total. The molecule has 0 atom stereocenters. The van der Waals surface area contributed by atoms with Crippen molar-refractivity contribution in [2.24, 2.45) is 0 Å². The van der Waals surface area contributed by atoms with E-state index in [1.54, 1.807) is 7.11 Å². The Balaban J connectivity index is 2.76. The highest BCUT2D eigenvalue weighted by Crippen LogP contribution is 2.55. The smallest absolute Gasteiger partial charge is 0.309 e. The Hall–Kier alpha value is 0.110. The van der Waals surface area contributed by atoms with Crippen LogP contribution >= 0.6 is 7.67 Å². The first-order valence-corrected chi connectivity index (χ1v) is 7.38. The summed E-state index contributed by atoms with van der Waals surface area (Å²) < 4.78 is 22.0. The van der Waals surface area contributed by atoms with Crippen LogP contribution in [0, 0.1) is 0 Å². The molecule has 0 aromatic rings. The van der Waals surface area contributed by atoms with E-state index >= 15 is 0 Å². The van der Waals surface area contributed by atoms with Gasteiger partial charge < -0.3 is 4.52 Å². The molecule has 0 radical (unpaired) electrons. The van der Waals surface area contributed by atoms with Crippen LogP contribution in [0.4, 0.5) is 0 Å². The Labute approximate surface area is 93.1 Å². The van der Waals surface area contributed by atoms with Gasteiger partial charge in [-0.3, -0.25) is 4.57 Å². The Morgan fingerprint density at radius 3 is 1.93 bits per heavy atom. The van der Waals surface area contributed by atoms with Crippen molar-refractivity contribution in [3.8, 4) is 0 Å². The van der Waals surface area contributed by atoms with Crippen LogP contribution in [0.25, 0.3) is 0 Å². The van der Waals surface area contributed by atoms with Crippen LogP contribution in [0.3, 0.4) is 0 Å². The van der Waals surface area contributed by atoms with Gasteiger partial charge in [0.1, 0.15) is 0 Å². The molecule has 1 aliphatic heterocycles. The van der Waals surface area contributed by atoms with Gasteiger partial charge in [0.15, 0.2) is 0 Å². The highest BCUT2D eigenvalue weighted by molar-refractivity contribution is 7.54. The molecule has 0 unspecified atom stereocenters. The van der Waals surface area contributed by atoms with Crippen molar-refractivity contribution < 1.29 is 9.09 Å². The summed E-state index contributed by atoms with van der Waals surface area (Å²) in [6.45, 7) is 7.76. The van der Waals surface area contributed by atoms with Crippen molar-refractivity contribution in [1.29, 1.82) is 0 Å². The largest absolute Gasteiger partial charge is 0.345 e. The van der Waals surface area contributed by atoms with Crippen molar-refractivity contribution in [3.05, 3.63) is 0 Å². The lowest BCUT2D eigenvalue weighted by molar-refractivity contribution is 0.203. The maximum Gasteiger partial charge on any atom is 0.345 e. The van der Waals surface area contributed by atoms with E-state index in [1.165, 1.54) is 0 Å². The fraction of sp³-hybridized carbons (Fsp3) is 1.00. The molecule has 1 aliphatic rings. The first kappa shape index (κ1) is 13.2. The van der Waals surface area contributed by atoms with Crippen LogP contribution in [0.5, 0.6) is 0 Å². The summed E-state index contributed by atoms with van der Waals surface area (Å²) in [5, 5.41) is 0. The van der Waals surface area contributed by atoms with Gasteiger partial charge in [0, 0.05) is 33.3 Å². The SMILES string of the molecule is CCCN1CCCN(CCC)P1(=O)OC. The summed E-state index contributed by atoms with van der Waals surface area (Å²) >= 11 is 0. The Morgan fingerprint density at radius 1 is 1.13 bits per heavy atom. The minimum Gasteiger partial charge on any atom is -0.309 e. The number of hydrogen-bond acceptors (Lipinski definition) is 2. The molecule has 0 bridgehead atoms. The van der Waals surface area contributed by atoms with Gasteiger partial charge >= 0.3 is 7.67 Å². The van der Waals surface area contributed by atoms with E-state index in [9.17, 15) is 4.57 Å². The van der Waals surface area contributed by atoms with E-state index in [1.807, 2.05) is 9.34 Å². The molecule has 0 N–H and O–H groups in total. The van der Waals surface area contributed by atoms with E-state index < -0.39 is 7.67 Å². The summed E-state index contributed by atoms with van der Waals surface area (Å²) in [6.07, 6.45) is 3.13. The third-order valence-electron chi connectivity index (χ3n) is 2.75. The zero-order chi connectivity index (χ0) is 11.3. The molecule has 1 rings (SSSR count). The standard InChI is InChI=1S/C10H23N2O2P/c1-4-7-11-9-6-10-12(8-5-2)15(11,13)14-3/h4-10H2,1-3H3. The molecule has 15 heavy (non-hydrogen) atoms. The fourth-order valence-corrected chi connectivity index (χ4v) is 4.60. The van der Waals surface area contributed by atoms with Crippen molar-refractivity contribution in [2.45, 2.75) is 33.1 Å². The predicted octanol–water partition coefficient (Wildman–Crippen LogP) is 2.57. The molecule has 0 aromatic heterocycles. The molecule has 1 fully saturated rings. The van der Waals surface area contributed by atoms with Crippen LogP contribution in [-0.4, -0.2) is 42.6 Å². The second-order valence-electron chi connectivity index (χ2n) is 3.93. The monoisotopic (exact) mass is 234 g/mol. The maximum absolute atomic E-state index is 12.7. The van der Waals surface area contributed by atoms with E-state index in [-0.39, 0.29) is 0 Å². The van der Waals surface area contributed by atoms with Gasteiger partial charge in [0.05, 0.1) is 0 Å². The Kier molecular flexibility index (Phi) is 5.27. The maximum atomic E-state index is 12.7. The first-order valence-electron chi connectivity index (χ1n) is 5.85. The van der Waals surface area contributed by atoms with E-state index in [0.717, 1.165) is 45.4 Å². The summed E-state index contributed by atoms with van der Waals surface area (Å²) in [4.78, 5) is 0. The minimum absolute atomic E-state index is 0.866. The average Bonchev–Trinajstić information content (AvgIpc) is 2.25. The second kappa shape index (κ2) is 6.00.